The quantitative estimate of drug-likeness (QED) is 0.140. The number of benzene rings is 10. The molecule has 15 rings (SSSR count). The van der Waals surface area contributed by atoms with Gasteiger partial charge in [-0.05, 0) is 113 Å². The largest absolute Gasteiger partial charge is 0.458 e. The molecule has 8 nitrogen and oxygen atoms in total. The van der Waals surface area contributed by atoms with Crippen LogP contribution in [-0.4, -0.2) is 41.2 Å². The zero-order valence-corrected chi connectivity index (χ0v) is 43.0. The van der Waals surface area contributed by atoms with Gasteiger partial charge >= 0.3 is 0 Å². The van der Waals surface area contributed by atoms with Crippen LogP contribution in [0.3, 0.4) is 0 Å². The fourth-order valence-corrected chi connectivity index (χ4v) is 12.0. The maximum atomic E-state index is 7.30. The first-order valence-electron chi connectivity index (χ1n) is 26.4. The SMILES string of the molecule is Cc1cc(C)c(-c2cc3c4c(c2)-n2c5ccc(-c6nc(-c7ccccc7)nc(-c7ccccc7)n6)cc5c5cc(-c6nc(-c7ccccc7)nc(-c7ccccc7)n6)cc(c52)B4c2ccc(-c4ccccc4)cc2O3)c(C)c1. The van der Waals surface area contributed by atoms with Crippen molar-refractivity contribution in [1.29, 1.82) is 0 Å². The van der Waals surface area contributed by atoms with Crippen LogP contribution < -0.4 is 21.1 Å². The van der Waals surface area contributed by atoms with Crippen LogP contribution in [0, 0.1) is 20.8 Å². The van der Waals surface area contributed by atoms with Crippen molar-refractivity contribution in [2.45, 2.75) is 20.8 Å². The molecule has 0 aliphatic carbocycles. The Morgan fingerprint density at radius 1 is 0.346 bits per heavy atom. The number of aryl methyl sites for hydroxylation is 3. The molecule has 0 fully saturated rings. The zero-order valence-electron chi connectivity index (χ0n) is 43.0. The van der Waals surface area contributed by atoms with Gasteiger partial charge in [0.05, 0.1) is 5.52 Å². The minimum Gasteiger partial charge on any atom is -0.458 e. The van der Waals surface area contributed by atoms with Crippen molar-refractivity contribution >= 4 is 44.9 Å². The molecule has 0 saturated carbocycles. The van der Waals surface area contributed by atoms with Gasteiger partial charge in [0.2, 0.25) is 0 Å². The first-order chi connectivity index (χ1) is 38.4. The summed E-state index contributed by atoms with van der Waals surface area (Å²) < 4.78 is 9.77. The molecule has 0 amide bonds. The van der Waals surface area contributed by atoms with Gasteiger partial charge < -0.3 is 9.30 Å². The van der Waals surface area contributed by atoms with Crippen LogP contribution in [0.1, 0.15) is 16.7 Å². The van der Waals surface area contributed by atoms with Crippen LogP contribution in [0.15, 0.2) is 224 Å². The lowest BCUT2D eigenvalue weighted by Gasteiger charge is -2.34. The molecule has 366 valence electrons. The number of fused-ring (bicyclic) bond motifs is 7. The summed E-state index contributed by atoms with van der Waals surface area (Å²) in [6.07, 6.45) is 0. The van der Waals surface area contributed by atoms with E-state index in [0.29, 0.717) is 34.9 Å². The Bertz CT molecular complexity index is 4410. The number of hydrogen-bond donors (Lipinski definition) is 0. The van der Waals surface area contributed by atoms with Crippen molar-refractivity contribution in [2.24, 2.45) is 0 Å². The molecule has 0 bridgehead atoms. The third-order valence-corrected chi connectivity index (χ3v) is 15.4. The Morgan fingerprint density at radius 2 is 0.795 bits per heavy atom. The lowest BCUT2D eigenvalue weighted by molar-refractivity contribution is 0.487. The summed E-state index contributed by atoms with van der Waals surface area (Å²) in [7, 11) is 0. The molecule has 10 aromatic carbocycles. The van der Waals surface area contributed by atoms with Gasteiger partial charge in [0.15, 0.2) is 34.9 Å². The van der Waals surface area contributed by atoms with E-state index in [-0.39, 0.29) is 6.71 Å². The summed E-state index contributed by atoms with van der Waals surface area (Å²) >= 11 is 0. The molecule has 0 atom stereocenters. The van der Waals surface area contributed by atoms with Crippen LogP contribution >= 0.6 is 0 Å². The molecule has 0 radical (unpaired) electrons. The van der Waals surface area contributed by atoms with E-state index >= 15 is 0 Å². The average molecular weight is 1000 g/mol. The summed E-state index contributed by atoms with van der Waals surface area (Å²) in [6, 6.07) is 78.3. The van der Waals surface area contributed by atoms with Crippen LogP contribution in [0.4, 0.5) is 0 Å². The molecule has 0 unspecified atom stereocenters. The van der Waals surface area contributed by atoms with E-state index in [0.717, 1.165) is 105 Å². The van der Waals surface area contributed by atoms with Crippen LogP contribution in [0.2, 0.25) is 0 Å². The molecule has 78 heavy (non-hydrogen) atoms. The number of ether oxygens (including phenoxy) is 1. The maximum absolute atomic E-state index is 7.30. The smallest absolute Gasteiger partial charge is 0.256 e. The van der Waals surface area contributed by atoms with Crippen molar-refractivity contribution in [3.63, 3.8) is 0 Å². The Morgan fingerprint density at radius 3 is 1.32 bits per heavy atom. The predicted molar refractivity (Wildman–Crippen MR) is 316 cm³/mol. The fourth-order valence-electron chi connectivity index (χ4n) is 12.0. The molecule has 0 spiro atoms. The maximum Gasteiger partial charge on any atom is 0.256 e. The minimum absolute atomic E-state index is 0.217. The van der Waals surface area contributed by atoms with Crippen LogP contribution in [0.5, 0.6) is 11.5 Å². The Hall–Kier alpha value is -10.1. The topological polar surface area (TPSA) is 91.5 Å². The van der Waals surface area contributed by atoms with Gasteiger partial charge in [-0.2, -0.15) is 0 Å². The number of rotatable bonds is 8. The summed E-state index contributed by atoms with van der Waals surface area (Å²) in [5, 5.41) is 2.09. The van der Waals surface area contributed by atoms with E-state index in [2.05, 4.69) is 153 Å². The van der Waals surface area contributed by atoms with Crippen molar-refractivity contribution < 1.29 is 4.74 Å². The molecule has 0 N–H and O–H groups in total. The van der Waals surface area contributed by atoms with E-state index < -0.39 is 0 Å². The molecule has 5 heterocycles. The van der Waals surface area contributed by atoms with E-state index in [4.69, 9.17) is 34.6 Å². The monoisotopic (exact) mass is 999 g/mol. The Balaban J connectivity index is 1.04. The summed E-state index contributed by atoms with van der Waals surface area (Å²) in [6.45, 7) is 6.38. The van der Waals surface area contributed by atoms with Gasteiger partial charge in [-0.1, -0.05) is 188 Å². The van der Waals surface area contributed by atoms with Gasteiger partial charge in [-0.15, -0.1) is 0 Å². The van der Waals surface area contributed by atoms with E-state index in [1.807, 2.05) is 97.1 Å². The van der Waals surface area contributed by atoms with Crippen molar-refractivity contribution in [1.82, 2.24) is 34.5 Å². The van der Waals surface area contributed by atoms with Gasteiger partial charge in [0.1, 0.15) is 11.5 Å². The number of hydrogen-bond acceptors (Lipinski definition) is 7. The Kier molecular flexibility index (Phi) is 10.5. The number of nitrogens with zero attached hydrogens (tertiary/aromatic N) is 7. The zero-order chi connectivity index (χ0) is 52.0. The summed E-state index contributed by atoms with van der Waals surface area (Å²) in [4.78, 5) is 31.2. The second-order valence-corrected chi connectivity index (χ2v) is 20.4. The Labute approximate surface area is 451 Å². The first kappa shape index (κ1) is 45.3. The molecule has 3 aromatic heterocycles. The second kappa shape index (κ2) is 18.0. The van der Waals surface area contributed by atoms with E-state index in [1.165, 1.54) is 22.3 Å². The van der Waals surface area contributed by atoms with Crippen molar-refractivity contribution in [2.75, 3.05) is 0 Å². The number of aromatic nitrogens is 7. The van der Waals surface area contributed by atoms with Crippen LogP contribution in [0.25, 0.3) is 118 Å². The van der Waals surface area contributed by atoms with Gasteiger partial charge in [-0.3, -0.25) is 0 Å². The van der Waals surface area contributed by atoms with Gasteiger partial charge in [-0.25, -0.2) is 29.9 Å². The van der Waals surface area contributed by atoms with E-state index in [1.54, 1.807) is 0 Å². The standard InChI is InChI=1S/C69H46BN7O/c1-41-33-42(2)61(43(3)34-41)51-38-58-62-60(40-51)78-59-39-49(44-19-9-4-10-20-44)29-31-55(59)70(62)56-37-52(69-75-66(47-25-15-7-16-26-47)72-67(76-69)48-27-17-8-18-28-48)36-54-53-35-50(30-32-57(53)77(58)63(54)56)68-73-64(45-21-11-5-12-22-45)71-65(74-68)46-23-13-6-14-24-46/h4-40H,1-3H3. The molecule has 2 aliphatic heterocycles. The molecule has 2 aliphatic rings. The fraction of sp³-hybridized carbons (Fsp3) is 0.0435. The first-order valence-corrected chi connectivity index (χ1v) is 26.4. The lowest BCUT2D eigenvalue weighted by Crippen LogP contribution is -2.58. The highest BCUT2D eigenvalue weighted by molar-refractivity contribution is 6.99. The van der Waals surface area contributed by atoms with Crippen LogP contribution in [-0.2, 0) is 0 Å². The normalized spacial score (nSPS) is 12.1. The van der Waals surface area contributed by atoms with Gasteiger partial charge in [0.25, 0.3) is 6.71 Å². The molecular formula is C69H46BN7O. The summed E-state index contributed by atoms with van der Waals surface area (Å²) in [5.41, 5.74) is 20.1. The van der Waals surface area contributed by atoms with E-state index in [9.17, 15) is 0 Å². The third-order valence-electron chi connectivity index (χ3n) is 15.4. The predicted octanol–water partition coefficient (Wildman–Crippen LogP) is 14.4. The highest BCUT2D eigenvalue weighted by Crippen LogP contribution is 2.44. The average Bonchev–Trinajstić information content (AvgIpc) is 2.88. The summed E-state index contributed by atoms with van der Waals surface area (Å²) in [5.74, 6) is 5.23. The minimum atomic E-state index is -0.217. The highest BCUT2D eigenvalue weighted by Gasteiger charge is 2.42. The van der Waals surface area contributed by atoms with Gasteiger partial charge in [0, 0.05) is 55.4 Å². The molecular weight excluding hydrogens is 954 g/mol. The second-order valence-electron chi connectivity index (χ2n) is 20.4. The molecule has 0 saturated heterocycles. The third kappa shape index (κ3) is 7.53. The molecule has 13 aromatic rings. The molecule has 9 heteroatoms. The van der Waals surface area contributed by atoms with Crippen molar-refractivity contribution in [3.05, 3.63) is 241 Å². The van der Waals surface area contributed by atoms with Crippen molar-refractivity contribution in [3.8, 4) is 108 Å². The highest BCUT2D eigenvalue weighted by atomic mass is 16.5. The lowest BCUT2D eigenvalue weighted by atomic mass is 9.34.